The minimum absolute atomic E-state index is 0.0765. The summed E-state index contributed by atoms with van der Waals surface area (Å²) < 4.78 is 4.60. The van der Waals surface area contributed by atoms with Gasteiger partial charge in [0.15, 0.2) is 0 Å². The van der Waals surface area contributed by atoms with Crippen LogP contribution in [0.4, 0.5) is 11.4 Å². The van der Waals surface area contributed by atoms with Gasteiger partial charge in [-0.15, -0.1) is 0 Å². The van der Waals surface area contributed by atoms with Crippen LogP contribution in [-0.4, -0.2) is 19.0 Å². The van der Waals surface area contributed by atoms with Gasteiger partial charge in [0.2, 0.25) is 5.91 Å². The molecule has 0 radical (unpaired) electrons. The van der Waals surface area contributed by atoms with E-state index in [-0.39, 0.29) is 11.9 Å². The Bertz CT molecular complexity index is 763. The highest BCUT2D eigenvalue weighted by atomic mass is 16.5. The molecule has 130 valence electrons. The summed E-state index contributed by atoms with van der Waals surface area (Å²) in [4.78, 5) is 22.2. The summed E-state index contributed by atoms with van der Waals surface area (Å²) >= 11 is 0. The lowest BCUT2D eigenvalue weighted by atomic mass is 10.0. The molecule has 2 aromatic rings. The molecule has 0 saturated carbocycles. The predicted molar refractivity (Wildman–Crippen MR) is 99.4 cm³/mol. The number of hydrogen-bond acceptors (Lipinski definition) is 4. The van der Waals surface area contributed by atoms with Crippen LogP contribution in [0, 0.1) is 0 Å². The van der Waals surface area contributed by atoms with E-state index < -0.39 is 0 Å². The lowest BCUT2D eigenvalue weighted by molar-refractivity contribution is -0.134. The zero-order chi connectivity index (χ0) is 18.2. The summed E-state index contributed by atoms with van der Waals surface area (Å²) in [7, 11) is 1.35. The molecule has 0 atom stereocenters. The van der Waals surface area contributed by atoms with E-state index in [9.17, 15) is 9.59 Å². The van der Waals surface area contributed by atoms with Crippen molar-refractivity contribution in [2.45, 2.75) is 20.3 Å². The Morgan fingerprint density at radius 2 is 1.36 bits per heavy atom. The van der Waals surface area contributed by atoms with E-state index in [1.807, 2.05) is 55.5 Å². The normalized spacial score (nSPS) is 10.9. The number of allylic oxidation sites excluding steroid dienone is 1. The van der Waals surface area contributed by atoms with E-state index in [0.717, 1.165) is 23.4 Å². The number of amides is 1. The van der Waals surface area contributed by atoms with E-state index in [0.29, 0.717) is 5.70 Å². The maximum absolute atomic E-state index is 11.2. The molecule has 0 aliphatic heterocycles. The number of ether oxygens (including phenoxy) is 1. The molecule has 2 N–H and O–H groups in total. The molecule has 0 aliphatic carbocycles. The van der Waals surface area contributed by atoms with Gasteiger partial charge in [0.1, 0.15) is 0 Å². The number of benzene rings is 2. The predicted octanol–water partition coefficient (Wildman–Crippen LogP) is 3.72. The Morgan fingerprint density at radius 3 is 1.80 bits per heavy atom. The number of methoxy groups -OCH3 is 1. The van der Waals surface area contributed by atoms with Gasteiger partial charge < -0.3 is 15.4 Å². The first-order chi connectivity index (χ1) is 12.0. The van der Waals surface area contributed by atoms with Gasteiger partial charge in [-0.3, -0.25) is 4.79 Å². The standard InChI is InChI=1S/C20H22N2O3/c1-14(12-20(24)25-3)21-18-8-4-16(5-9-18)13-17-6-10-19(11-7-17)22-15(2)23/h4-12,21H,13H2,1-3H3,(H,22,23)/b14-12+. The van der Waals surface area contributed by atoms with Gasteiger partial charge in [-0.05, 0) is 48.7 Å². The van der Waals surface area contributed by atoms with Crippen molar-refractivity contribution in [3.05, 3.63) is 71.4 Å². The molecule has 2 rings (SSSR count). The van der Waals surface area contributed by atoms with E-state index in [1.165, 1.54) is 25.7 Å². The quantitative estimate of drug-likeness (QED) is 0.622. The molecule has 0 aromatic heterocycles. The van der Waals surface area contributed by atoms with Crippen LogP contribution in [-0.2, 0) is 20.7 Å². The van der Waals surface area contributed by atoms with Crippen LogP contribution in [0.5, 0.6) is 0 Å². The summed E-state index contributed by atoms with van der Waals surface area (Å²) in [5.74, 6) is -0.461. The van der Waals surface area contributed by atoms with Crippen molar-refractivity contribution in [1.82, 2.24) is 0 Å². The van der Waals surface area contributed by atoms with Gasteiger partial charge in [0, 0.05) is 30.1 Å². The number of anilines is 2. The molecule has 0 aliphatic rings. The van der Waals surface area contributed by atoms with Gasteiger partial charge >= 0.3 is 5.97 Å². The van der Waals surface area contributed by atoms with Crippen LogP contribution >= 0.6 is 0 Å². The Hall–Kier alpha value is -3.08. The van der Waals surface area contributed by atoms with Crippen LogP contribution in [0.25, 0.3) is 0 Å². The summed E-state index contributed by atoms with van der Waals surface area (Å²) in [6.45, 7) is 3.30. The summed E-state index contributed by atoms with van der Waals surface area (Å²) in [5.41, 5.74) is 4.75. The molecular weight excluding hydrogens is 316 g/mol. The molecule has 0 saturated heterocycles. The molecule has 0 heterocycles. The van der Waals surface area contributed by atoms with Crippen LogP contribution in [0.15, 0.2) is 60.3 Å². The highest BCUT2D eigenvalue weighted by Gasteiger charge is 2.01. The first-order valence-corrected chi connectivity index (χ1v) is 7.95. The van der Waals surface area contributed by atoms with Crippen molar-refractivity contribution < 1.29 is 14.3 Å². The van der Waals surface area contributed by atoms with Crippen molar-refractivity contribution in [2.24, 2.45) is 0 Å². The number of esters is 1. The summed E-state index contributed by atoms with van der Waals surface area (Å²) in [6, 6.07) is 15.8. The van der Waals surface area contributed by atoms with Crippen molar-refractivity contribution in [2.75, 3.05) is 17.7 Å². The molecule has 5 nitrogen and oxygen atoms in total. The van der Waals surface area contributed by atoms with E-state index in [4.69, 9.17) is 0 Å². The maximum atomic E-state index is 11.2. The van der Waals surface area contributed by atoms with Crippen molar-refractivity contribution >= 4 is 23.3 Å². The fraction of sp³-hybridized carbons (Fsp3) is 0.200. The third kappa shape index (κ3) is 6.14. The molecule has 2 aromatic carbocycles. The van der Waals surface area contributed by atoms with Crippen LogP contribution in [0.2, 0.25) is 0 Å². The van der Waals surface area contributed by atoms with Gasteiger partial charge in [-0.1, -0.05) is 24.3 Å². The third-order valence-corrected chi connectivity index (χ3v) is 3.51. The molecule has 25 heavy (non-hydrogen) atoms. The zero-order valence-electron chi connectivity index (χ0n) is 14.6. The number of carbonyl (C=O) groups excluding carboxylic acids is 2. The van der Waals surface area contributed by atoms with Gasteiger partial charge in [-0.2, -0.15) is 0 Å². The fourth-order valence-corrected chi connectivity index (χ4v) is 2.35. The molecule has 0 fully saturated rings. The molecule has 0 unspecified atom stereocenters. The summed E-state index contributed by atoms with van der Waals surface area (Å²) in [6.07, 6.45) is 2.21. The second-order valence-corrected chi connectivity index (χ2v) is 5.73. The van der Waals surface area contributed by atoms with Crippen LogP contribution in [0.3, 0.4) is 0 Å². The van der Waals surface area contributed by atoms with E-state index >= 15 is 0 Å². The molecule has 5 heteroatoms. The second-order valence-electron chi connectivity index (χ2n) is 5.73. The number of carbonyl (C=O) groups is 2. The topological polar surface area (TPSA) is 67.4 Å². The lowest BCUT2D eigenvalue weighted by Gasteiger charge is -2.08. The maximum Gasteiger partial charge on any atom is 0.332 e. The molecule has 0 spiro atoms. The van der Waals surface area contributed by atoms with Gasteiger partial charge in [-0.25, -0.2) is 4.79 Å². The average molecular weight is 338 g/mol. The zero-order valence-corrected chi connectivity index (χ0v) is 14.6. The molecule has 1 amide bonds. The van der Waals surface area contributed by atoms with Crippen molar-refractivity contribution in [3.63, 3.8) is 0 Å². The van der Waals surface area contributed by atoms with Crippen molar-refractivity contribution in [1.29, 1.82) is 0 Å². The minimum atomic E-state index is -0.385. The van der Waals surface area contributed by atoms with Gasteiger partial charge in [0.25, 0.3) is 0 Å². The monoisotopic (exact) mass is 338 g/mol. The first kappa shape index (κ1) is 18.3. The largest absolute Gasteiger partial charge is 0.466 e. The Labute approximate surface area is 147 Å². The SMILES string of the molecule is COC(=O)/C=C(\C)Nc1ccc(Cc2ccc(NC(C)=O)cc2)cc1. The minimum Gasteiger partial charge on any atom is -0.466 e. The average Bonchev–Trinajstić information content (AvgIpc) is 2.57. The Balaban J connectivity index is 1.97. The first-order valence-electron chi connectivity index (χ1n) is 7.95. The van der Waals surface area contributed by atoms with E-state index in [2.05, 4.69) is 15.4 Å². The number of rotatable bonds is 6. The van der Waals surface area contributed by atoms with Crippen molar-refractivity contribution in [3.8, 4) is 0 Å². The van der Waals surface area contributed by atoms with Gasteiger partial charge in [0.05, 0.1) is 7.11 Å². The second kappa shape index (κ2) is 8.68. The van der Waals surface area contributed by atoms with E-state index in [1.54, 1.807) is 0 Å². The third-order valence-electron chi connectivity index (χ3n) is 3.51. The highest BCUT2D eigenvalue weighted by molar-refractivity contribution is 5.88. The lowest BCUT2D eigenvalue weighted by Crippen LogP contribution is -2.05. The van der Waals surface area contributed by atoms with Crippen LogP contribution in [0.1, 0.15) is 25.0 Å². The molecular formula is C20H22N2O3. The fourth-order valence-electron chi connectivity index (χ4n) is 2.35. The Kier molecular flexibility index (Phi) is 6.34. The highest BCUT2D eigenvalue weighted by Crippen LogP contribution is 2.17. The summed E-state index contributed by atoms with van der Waals surface area (Å²) in [5, 5.41) is 5.90. The number of nitrogens with one attached hydrogen (secondary N) is 2. The Morgan fingerprint density at radius 1 is 0.880 bits per heavy atom. The number of hydrogen-bond donors (Lipinski definition) is 2. The molecule has 0 bridgehead atoms. The van der Waals surface area contributed by atoms with Crippen LogP contribution < -0.4 is 10.6 Å². The smallest absolute Gasteiger partial charge is 0.332 e.